The number of hydrogen-bond donors (Lipinski definition) is 0. The van der Waals surface area contributed by atoms with Gasteiger partial charge in [-0.3, -0.25) is 4.79 Å². The van der Waals surface area contributed by atoms with E-state index in [9.17, 15) is 14.0 Å². The standard InChI is InChI=1S/C19H20ClFN2O5/c1-10-7-23(8-11(2)27-10)15(24)9-26-19(25)16-12(3)28-22-18(16)17-13(20)5-4-6-14(17)21/h4-6,10-11H,7-9H2,1-3H3/t10-,11-/m0/s1. The molecule has 0 aliphatic carbocycles. The number of esters is 1. The number of hydrogen-bond acceptors (Lipinski definition) is 6. The molecule has 3 rings (SSSR count). The van der Waals surface area contributed by atoms with Gasteiger partial charge in [0, 0.05) is 13.1 Å². The van der Waals surface area contributed by atoms with Gasteiger partial charge < -0.3 is 18.9 Å². The normalized spacial score (nSPS) is 19.5. The molecule has 0 unspecified atom stereocenters. The van der Waals surface area contributed by atoms with E-state index in [1.54, 1.807) is 4.90 Å². The van der Waals surface area contributed by atoms with E-state index in [2.05, 4.69) is 5.16 Å². The van der Waals surface area contributed by atoms with Crippen molar-refractivity contribution in [3.63, 3.8) is 0 Å². The van der Waals surface area contributed by atoms with Gasteiger partial charge in [0.1, 0.15) is 22.8 Å². The average Bonchev–Trinajstić information content (AvgIpc) is 2.99. The molecule has 0 spiro atoms. The lowest BCUT2D eigenvalue weighted by Crippen LogP contribution is -2.49. The van der Waals surface area contributed by atoms with E-state index in [1.165, 1.54) is 25.1 Å². The van der Waals surface area contributed by atoms with Gasteiger partial charge in [-0.2, -0.15) is 0 Å². The molecular formula is C19H20ClFN2O5. The summed E-state index contributed by atoms with van der Waals surface area (Å²) in [5, 5.41) is 3.83. The highest BCUT2D eigenvalue weighted by molar-refractivity contribution is 6.33. The Morgan fingerprint density at radius 1 is 1.32 bits per heavy atom. The smallest absolute Gasteiger partial charge is 0.344 e. The van der Waals surface area contributed by atoms with Crippen LogP contribution in [0.25, 0.3) is 11.3 Å². The number of ether oxygens (including phenoxy) is 2. The number of rotatable bonds is 4. The van der Waals surface area contributed by atoms with E-state index in [4.69, 9.17) is 25.6 Å². The van der Waals surface area contributed by atoms with E-state index in [-0.39, 0.29) is 45.7 Å². The molecule has 2 heterocycles. The Kier molecular flexibility index (Phi) is 6.00. The topological polar surface area (TPSA) is 81.9 Å². The molecule has 0 radical (unpaired) electrons. The van der Waals surface area contributed by atoms with Crippen LogP contribution < -0.4 is 0 Å². The Bertz CT molecular complexity index is 870. The summed E-state index contributed by atoms with van der Waals surface area (Å²) < 4.78 is 30.0. The maximum atomic E-state index is 14.2. The Labute approximate surface area is 166 Å². The third kappa shape index (κ3) is 4.18. The van der Waals surface area contributed by atoms with E-state index >= 15 is 0 Å². The molecule has 28 heavy (non-hydrogen) atoms. The third-order valence-corrected chi connectivity index (χ3v) is 4.68. The fourth-order valence-electron chi connectivity index (χ4n) is 3.18. The summed E-state index contributed by atoms with van der Waals surface area (Å²) in [6.07, 6.45) is -0.197. The molecule has 2 atom stereocenters. The zero-order chi connectivity index (χ0) is 20.4. The number of nitrogens with zero attached hydrogens (tertiary/aromatic N) is 2. The number of aromatic nitrogens is 1. The van der Waals surface area contributed by atoms with Crippen LogP contribution in [-0.4, -0.2) is 53.8 Å². The lowest BCUT2D eigenvalue weighted by atomic mass is 10.1. The third-order valence-electron chi connectivity index (χ3n) is 4.37. The minimum atomic E-state index is -0.837. The summed E-state index contributed by atoms with van der Waals surface area (Å²) in [7, 11) is 0. The van der Waals surface area contributed by atoms with Crippen LogP contribution in [0.3, 0.4) is 0 Å². The highest BCUT2D eigenvalue weighted by atomic mass is 35.5. The summed E-state index contributed by atoms with van der Waals surface area (Å²) in [6, 6.07) is 4.11. The SMILES string of the molecule is Cc1onc(-c2c(F)cccc2Cl)c1C(=O)OCC(=O)N1C[C@H](C)O[C@@H](C)C1. The molecule has 150 valence electrons. The summed E-state index contributed by atoms with van der Waals surface area (Å²) in [6.45, 7) is 5.62. The largest absolute Gasteiger partial charge is 0.452 e. The molecule has 1 aliphatic rings. The van der Waals surface area contributed by atoms with Crippen molar-refractivity contribution in [3.05, 3.63) is 40.4 Å². The Morgan fingerprint density at radius 2 is 2.00 bits per heavy atom. The second-order valence-electron chi connectivity index (χ2n) is 6.69. The number of aryl methyl sites for hydroxylation is 1. The van der Waals surface area contributed by atoms with Gasteiger partial charge in [0.05, 0.1) is 22.8 Å². The highest BCUT2D eigenvalue weighted by Gasteiger charge is 2.29. The van der Waals surface area contributed by atoms with Gasteiger partial charge in [0.15, 0.2) is 6.61 Å². The van der Waals surface area contributed by atoms with E-state index in [1.807, 2.05) is 13.8 Å². The first-order chi connectivity index (χ1) is 13.3. The average molecular weight is 411 g/mol. The number of carbonyl (C=O) groups is 2. The van der Waals surface area contributed by atoms with E-state index < -0.39 is 18.4 Å². The van der Waals surface area contributed by atoms with Gasteiger partial charge in [-0.1, -0.05) is 22.8 Å². The van der Waals surface area contributed by atoms with Gasteiger partial charge in [0.25, 0.3) is 5.91 Å². The molecule has 2 aromatic rings. The second kappa shape index (κ2) is 8.28. The molecular weight excluding hydrogens is 391 g/mol. The monoisotopic (exact) mass is 410 g/mol. The van der Waals surface area contributed by atoms with Crippen molar-refractivity contribution < 1.29 is 28.0 Å². The minimum Gasteiger partial charge on any atom is -0.452 e. The molecule has 1 aromatic heterocycles. The van der Waals surface area contributed by atoms with Crippen molar-refractivity contribution in [1.29, 1.82) is 0 Å². The van der Waals surface area contributed by atoms with Crippen LogP contribution in [0.1, 0.15) is 30.0 Å². The predicted molar refractivity (Wildman–Crippen MR) is 98.5 cm³/mol. The molecule has 1 aliphatic heterocycles. The number of morpholine rings is 1. The molecule has 1 saturated heterocycles. The maximum absolute atomic E-state index is 14.2. The zero-order valence-corrected chi connectivity index (χ0v) is 16.5. The molecule has 1 aromatic carbocycles. The van der Waals surface area contributed by atoms with Crippen LogP contribution in [0.2, 0.25) is 5.02 Å². The lowest BCUT2D eigenvalue weighted by molar-refractivity contribution is -0.146. The van der Waals surface area contributed by atoms with Crippen LogP contribution in [-0.2, 0) is 14.3 Å². The number of halogens is 2. The fourth-order valence-corrected chi connectivity index (χ4v) is 3.43. The van der Waals surface area contributed by atoms with Gasteiger partial charge in [-0.15, -0.1) is 0 Å². The maximum Gasteiger partial charge on any atom is 0.344 e. The van der Waals surface area contributed by atoms with Gasteiger partial charge in [0.2, 0.25) is 0 Å². The van der Waals surface area contributed by atoms with Crippen LogP contribution >= 0.6 is 11.6 Å². The quantitative estimate of drug-likeness (QED) is 0.720. The first-order valence-electron chi connectivity index (χ1n) is 8.79. The van der Waals surface area contributed by atoms with Gasteiger partial charge >= 0.3 is 5.97 Å². The Morgan fingerprint density at radius 3 is 2.64 bits per heavy atom. The highest BCUT2D eigenvalue weighted by Crippen LogP contribution is 2.33. The molecule has 0 N–H and O–H groups in total. The number of amides is 1. The van der Waals surface area contributed by atoms with Crippen LogP contribution in [0.15, 0.2) is 22.7 Å². The number of carbonyl (C=O) groups excluding carboxylic acids is 2. The Hall–Kier alpha value is -2.45. The summed E-state index contributed by atoms with van der Waals surface area (Å²) in [5.41, 5.74) is -0.190. The summed E-state index contributed by atoms with van der Waals surface area (Å²) >= 11 is 6.06. The molecule has 1 amide bonds. The second-order valence-corrected chi connectivity index (χ2v) is 7.10. The van der Waals surface area contributed by atoms with E-state index in [0.29, 0.717) is 13.1 Å². The lowest BCUT2D eigenvalue weighted by Gasteiger charge is -2.35. The molecule has 0 saturated carbocycles. The molecule has 0 bridgehead atoms. The van der Waals surface area contributed by atoms with Gasteiger partial charge in [-0.05, 0) is 32.9 Å². The minimum absolute atomic E-state index is 0.0601. The summed E-state index contributed by atoms with van der Waals surface area (Å²) in [4.78, 5) is 26.5. The first-order valence-corrected chi connectivity index (χ1v) is 9.16. The van der Waals surface area contributed by atoms with Crippen molar-refractivity contribution in [2.75, 3.05) is 19.7 Å². The van der Waals surface area contributed by atoms with Crippen LogP contribution in [0.5, 0.6) is 0 Å². The molecule has 1 fully saturated rings. The van der Waals surface area contributed by atoms with Crippen molar-refractivity contribution in [3.8, 4) is 11.3 Å². The summed E-state index contributed by atoms with van der Waals surface area (Å²) in [5.74, 6) is -1.69. The van der Waals surface area contributed by atoms with Crippen LogP contribution in [0.4, 0.5) is 4.39 Å². The Balaban J connectivity index is 1.75. The van der Waals surface area contributed by atoms with Crippen molar-refractivity contribution >= 4 is 23.5 Å². The van der Waals surface area contributed by atoms with Crippen molar-refractivity contribution in [1.82, 2.24) is 10.1 Å². The molecule has 7 nitrogen and oxygen atoms in total. The predicted octanol–water partition coefficient (Wildman–Crippen LogP) is 3.24. The fraction of sp³-hybridized carbons (Fsp3) is 0.421. The first kappa shape index (κ1) is 20.3. The van der Waals surface area contributed by atoms with Crippen LogP contribution in [0, 0.1) is 12.7 Å². The van der Waals surface area contributed by atoms with Crippen molar-refractivity contribution in [2.45, 2.75) is 33.0 Å². The van der Waals surface area contributed by atoms with Gasteiger partial charge in [-0.25, -0.2) is 9.18 Å². The number of benzene rings is 1. The zero-order valence-electron chi connectivity index (χ0n) is 15.7. The van der Waals surface area contributed by atoms with E-state index in [0.717, 1.165) is 0 Å². The van der Waals surface area contributed by atoms with Crippen molar-refractivity contribution in [2.24, 2.45) is 0 Å². The molecule has 9 heteroatoms.